The van der Waals surface area contributed by atoms with Crippen LogP contribution in [0.25, 0.3) is 0 Å². The summed E-state index contributed by atoms with van der Waals surface area (Å²) in [6.45, 7) is 9.31. The number of likely N-dealkylation sites (N-methyl/N-ethyl adjacent to an activating group) is 1. The lowest BCUT2D eigenvalue weighted by Gasteiger charge is -2.35. The second kappa shape index (κ2) is 8.10. The van der Waals surface area contributed by atoms with E-state index in [0.717, 1.165) is 37.4 Å². The third kappa shape index (κ3) is 4.68. The largest absolute Gasteiger partial charge is 0.383 e. The number of piperazine rings is 1. The van der Waals surface area contributed by atoms with Crippen LogP contribution in [-0.4, -0.2) is 73.0 Å². The average Bonchev–Trinajstić information content (AvgIpc) is 2.53. The highest BCUT2D eigenvalue weighted by Gasteiger charge is 2.23. The van der Waals surface area contributed by atoms with E-state index in [2.05, 4.69) is 32.5 Å². The van der Waals surface area contributed by atoms with Crippen molar-refractivity contribution in [3.63, 3.8) is 0 Å². The number of pyridine rings is 1. The minimum Gasteiger partial charge on any atom is -0.383 e. The number of amides is 1. The molecule has 122 valence electrons. The van der Waals surface area contributed by atoms with Crippen molar-refractivity contribution in [3.8, 4) is 0 Å². The molecule has 22 heavy (non-hydrogen) atoms. The molecule has 2 heterocycles. The molecule has 1 fully saturated rings. The lowest BCUT2D eigenvalue weighted by Crippen LogP contribution is -2.53. The first-order valence-electron chi connectivity index (χ1n) is 7.92. The van der Waals surface area contributed by atoms with Crippen LogP contribution in [-0.2, 0) is 4.79 Å². The molecule has 6 heteroatoms. The fraction of sp³-hybridized carbons (Fsp3) is 0.625. The lowest BCUT2D eigenvalue weighted by molar-refractivity contribution is -0.126. The predicted molar refractivity (Wildman–Crippen MR) is 89.0 cm³/mol. The second-order valence-corrected chi connectivity index (χ2v) is 5.92. The van der Waals surface area contributed by atoms with Gasteiger partial charge in [-0.2, -0.15) is 0 Å². The van der Waals surface area contributed by atoms with Gasteiger partial charge in [0.05, 0.1) is 6.04 Å². The molecule has 1 aromatic heterocycles. The third-order valence-electron chi connectivity index (χ3n) is 4.23. The van der Waals surface area contributed by atoms with Gasteiger partial charge < -0.3 is 15.5 Å². The van der Waals surface area contributed by atoms with Crippen molar-refractivity contribution in [3.05, 3.63) is 24.0 Å². The number of nitrogens with one attached hydrogen (secondary N) is 2. The molecule has 0 radical (unpaired) electrons. The fourth-order valence-corrected chi connectivity index (χ4v) is 2.58. The Morgan fingerprint density at radius 3 is 2.73 bits per heavy atom. The van der Waals surface area contributed by atoms with Gasteiger partial charge in [-0.3, -0.25) is 14.7 Å². The molecule has 1 amide bonds. The van der Waals surface area contributed by atoms with Gasteiger partial charge in [0.2, 0.25) is 5.91 Å². The number of anilines is 1. The highest BCUT2D eigenvalue weighted by Crippen LogP contribution is 2.10. The number of rotatable bonds is 6. The van der Waals surface area contributed by atoms with Gasteiger partial charge in [0.1, 0.15) is 0 Å². The SMILES string of the molecule is Cc1cnccc1NCCNC(=O)[C@H](C)N1CCN(C)CC1. The third-order valence-corrected chi connectivity index (χ3v) is 4.23. The Bertz CT molecular complexity index is 485. The zero-order chi connectivity index (χ0) is 15.9. The van der Waals surface area contributed by atoms with Gasteiger partial charge in [-0.15, -0.1) is 0 Å². The normalized spacial score (nSPS) is 18.0. The summed E-state index contributed by atoms with van der Waals surface area (Å²) >= 11 is 0. The number of carbonyl (C=O) groups excluding carboxylic acids is 1. The molecule has 1 aliphatic rings. The van der Waals surface area contributed by atoms with Gasteiger partial charge >= 0.3 is 0 Å². The quantitative estimate of drug-likeness (QED) is 0.752. The van der Waals surface area contributed by atoms with E-state index < -0.39 is 0 Å². The highest BCUT2D eigenvalue weighted by atomic mass is 16.2. The topological polar surface area (TPSA) is 60.5 Å². The first-order valence-corrected chi connectivity index (χ1v) is 7.92. The summed E-state index contributed by atoms with van der Waals surface area (Å²) in [7, 11) is 2.12. The Labute approximate surface area is 132 Å². The van der Waals surface area contributed by atoms with Gasteiger partial charge in [0, 0.05) is 57.3 Å². The number of nitrogens with zero attached hydrogens (tertiary/aromatic N) is 3. The summed E-state index contributed by atoms with van der Waals surface area (Å²) in [4.78, 5) is 20.8. The Morgan fingerprint density at radius 2 is 2.05 bits per heavy atom. The highest BCUT2D eigenvalue weighted by molar-refractivity contribution is 5.81. The van der Waals surface area contributed by atoms with E-state index in [1.165, 1.54) is 0 Å². The Kier molecular flexibility index (Phi) is 6.15. The van der Waals surface area contributed by atoms with Crippen molar-refractivity contribution in [1.29, 1.82) is 0 Å². The first-order chi connectivity index (χ1) is 10.6. The predicted octanol–water partition coefficient (Wildman–Crippen LogP) is 0.554. The minimum atomic E-state index is -0.0589. The van der Waals surface area contributed by atoms with Gasteiger partial charge in [0.25, 0.3) is 0 Å². The van der Waals surface area contributed by atoms with E-state index in [0.29, 0.717) is 13.1 Å². The van der Waals surface area contributed by atoms with Crippen LogP contribution in [0.15, 0.2) is 18.5 Å². The number of aromatic nitrogens is 1. The molecule has 1 aromatic rings. The zero-order valence-corrected chi connectivity index (χ0v) is 13.8. The summed E-state index contributed by atoms with van der Waals surface area (Å²) in [5.41, 5.74) is 2.18. The number of carbonyl (C=O) groups is 1. The number of hydrogen-bond acceptors (Lipinski definition) is 5. The molecular weight excluding hydrogens is 278 g/mol. The van der Waals surface area contributed by atoms with Crippen LogP contribution in [0.1, 0.15) is 12.5 Å². The van der Waals surface area contributed by atoms with Crippen LogP contribution in [0.4, 0.5) is 5.69 Å². The van der Waals surface area contributed by atoms with Gasteiger partial charge in [0.15, 0.2) is 0 Å². The molecule has 2 N–H and O–H groups in total. The zero-order valence-electron chi connectivity index (χ0n) is 13.8. The van der Waals surface area contributed by atoms with Crippen molar-refractivity contribution in [2.45, 2.75) is 19.9 Å². The van der Waals surface area contributed by atoms with Crippen LogP contribution in [0.5, 0.6) is 0 Å². The molecule has 0 saturated carbocycles. The van der Waals surface area contributed by atoms with Crippen LogP contribution in [0.3, 0.4) is 0 Å². The molecule has 2 rings (SSSR count). The van der Waals surface area contributed by atoms with Crippen molar-refractivity contribution < 1.29 is 4.79 Å². The van der Waals surface area contributed by atoms with Crippen LogP contribution >= 0.6 is 0 Å². The molecule has 6 nitrogen and oxygen atoms in total. The lowest BCUT2D eigenvalue weighted by atomic mass is 10.2. The van der Waals surface area contributed by atoms with Gasteiger partial charge in [-0.25, -0.2) is 0 Å². The maximum absolute atomic E-state index is 12.2. The minimum absolute atomic E-state index is 0.0589. The monoisotopic (exact) mass is 305 g/mol. The summed E-state index contributed by atoms with van der Waals surface area (Å²) in [5.74, 6) is 0.109. The van der Waals surface area contributed by atoms with Crippen LogP contribution in [0, 0.1) is 6.92 Å². The van der Waals surface area contributed by atoms with Gasteiger partial charge in [-0.05, 0) is 32.5 Å². The number of hydrogen-bond donors (Lipinski definition) is 2. The molecule has 0 aromatic carbocycles. The molecule has 1 aliphatic heterocycles. The molecular formula is C16H27N5O. The van der Waals surface area contributed by atoms with Crippen LogP contribution in [0.2, 0.25) is 0 Å². The molecule has 0 bridgehead atoms. The number of aryl methyl sites for hydroxylation is 1. The molecule has 0 aliphatic carbocycles. The molecule has 1 saturated heterocycles. The Balaban J connectivity index is 1.68. The van der Waals surface area contributed by atoms with Crippen LogP contribution < -0.4 is 10.6 Å². The van der Waals surface area contributed by atoms with Crippen molar-refractivity contribution in [2.75, 3.05) is 51.6 Å². The van der Waals surface area contributed by atoms with E-state index in [1.807, 2.05) is 26.1 Å². The summed E-state index contributed by atoms with van der Waals surface area (Å²) in [6.07, 6.45) is 3.60. The maximum atomic E-state index is 12.2. The van der Waals surface area contributed by atoms with Crippen molar-refractivity contribution in [2.24, 2.45) is 0 Å². The maximum Gasteiger partial charge on any atom is 0.237 e. The Morgan fingerprint density at radius 1 is 1.32 bits per heavy atom. The smallest absolute Gasteiger partial charge is 0.237 e. The van der Waals surface area contributed by atoms with E-state index >= 15 is 0 Å². The second-order valence-electron chi connectivity index (χ2n) is 5.92. The Hall–Kier alpha value is -1.66. The van der Waals surface area contributed by atoms with E-state index in [4.69, 9.17) is 0 Å². The molecule has 1 atom stereocenters. The standard InChI is InChI=1S/C16H27N5O/c1-13-12-17-5-4-15(13)18-6-7-19-16(22)14(2)21-10-8-20(3)9-11-21/h4-5,12,14H,6-11H2,1-3H3,(H,17,18)(H,19,22)/t14-/m0/s1. The fourth-order valence-electron chi connectivity index (χ4n) is 2.58. The first kappa shape index (κ1) is 16.7. The van der Waals surface area contributed by atoms with Crippen molar-refractivity contribution >= 4 is 11.6 Å². The average molecular weight is 305 g/mol. The summed E-state index contributed by atoms with van der Waals surface area (Å²) in [6, 6.07) is 1.89. The van der Waals surface area contributed by atoms with Crippen molar-refractivity contribution in [1.82, 2.24) is 20.1 Å². The van der Waals surface area contributed by atoms with E-state index in [9.17, 15) is 4.79 Å². The molecule has 0 unspecified atom stereocenters. The van der Waals surface area contributed by atoms with E-state index in [-0.39, 0.29) is 11.9 Å². The molecule has 0 spiro atoms. The summed E-state index contributed by atoms with van der Waals surface area (Å²) in [5, 5.41) is 6.33. The van der Waals surface area contributed by atoms with E-state index in [1.54, 1.807) is 6.20 Å². The summed E-state index contributed by atoms with van der Waals surface area (Å²) < 4.78 is 0. The van der Waals surface area contributed by atoms with Gasteiger partial charge in [-0.1, -0.05) is 0 Å².